The molecule has 1 unspecified atom stereocenters. The summed E-state index contributed by atoms with van der Waals surface area (Å²) >= 11 is 6.01. The van der Waals surface area contributed by atoms with Gasteiger partial charge in [-0.3, -0.25) is 4.79 Å². The minimum absolute atomic E-state index is 0.123. The van der Waals surface area contributed by atoms with Gasteiger partial charge in [0, 0.05) is 12.6 Å². The molecule has 4 nitrogen and oxygen atoms in total. The lowest BCUT2D eigenvalue weighted by Gasteiger charge is -2.34. The molecular weight excluding hydrogens is 240 g/mol. The molecule has 1 aromatic heterocycles. The summed E-state index contributed by atoms with van der Waals surface area (Å²) in [6.45, 7) is 4.62. The first-order valence-corrected chi connectivity index (χ1v) is 6.45. The third-order valence-electron chi connectivity index (χ3n) is 3.34. The molecule has 94 valence electrons. The molecule has 1 aliphatic rings. The number of hydrogen-bond acceptors (Lipinski definition) is 3. The standard InChI is InChI=1S/C12H17ClN2O2/c1-3-9-6-4-5-7-15(9)12(16)11-10(13)8(2)14-17-11/h9H,3-7H2,1-2H3. The number of nitrogens with zero attached hydrogens (tertiary/aromatic N) is 2. The Kier molecular flexibility index (Phi) is 3.72. The van der Waals surface area contributed by atoms with Crippen LogP contribution in [0.15, 0.2) is 4.52 Å². The van der Waals surface area contributed by atoms with Gasteiger partial charge in [0.2, 0.25) is 5.76 Å². The van der Waals surface area contributed by atoms with Crippen molar-refractivity contribution in [3.8, 4) is 0 Å². The lowest BCUT2D eigenvalue weighted by Crippen LogP contribution is -2.43. The van der Waals surface area contributed by atoms with Crippen LogP contribution in [0.2, 0.25) is 5.02 Å². The normalized spacial score (nSPS) is 20.6. The quantitative estimate of drug-likeness (QED) is 0.817. The van der Waals surface area contributed by atoms with E-state index >= 15 is 0 Å². The van der Waals surface area contributed by atoms with Gasteiger partial charge in [0.25, 0.3) is 5.91 Å². The maximum atomic E-state index is 12.3. The Morgan fingerprint density at radius 1 is 1.59 bits per heavy atom. The van der Waals surface area contributed by atoms with Crippen molar-refractivity contribution in [2.24, 2.45) is 0 Å². The van der Waals surface area contributed by atoms with Gasteiger partial charge in [-0.25, -0.2) is 0 Å². The van der Waals surface area contributed by atoms with Crippen LogP contribution in [-0.2, 0) is 0 Å². The molecule has 1 aromatic rings. The molecule has 0 saturated carbocycles. The summed E-state index contributed by atoms with van der Waals surface area (Å²) in [4.78, 5) is 14.2. The number of aromatic nitrogens is 1. The Morgan fingerprint density at radius 3 is 2.94 bits per heavy atom. The van der Waals surface area contributed by atoms with E-state index < -0.39 is 0 Å². The number of aryl methyl sites for hydroxylation is 1. The van der Waals surface area contributed by atoms with E-state index in [1.165, 1.54) is 6.42 Å². The number of likely N-dealkylation sites (tertiary alicyclic amines) is 1. The third kappa shape index (κ3) is 2.32. The van der Waals surface area contributed by atoms with Gasteiger partial charge >= 0.3 is 0 Å². The summed E-state index contributed by atoms with van der Waals surface area (Å²) in [5.41, 5.74) is 0.570. The van der Waals surface area contributed by atoms with Crippen LogP contribution in [0.25, 0.3) is 0 Å². The number of carbonyl (C=O) groups is 1. The monoisotopic (exact) mass is 256 g/mol. The Bertz CT molecular complexity index is 417. The van der Waals surface area contributed by atoms with Crippen molar-refractivity contribution in [3.05, 3.63) is 16.5 Å². The van der Waals surface area contributed by atoms with E-state index in [1.54, 1.807) is 6.92 Å². The minimum atomic E-state index is -0.123. The Hall–Kier alpha value is -1.03. The van der Waals surface area contributed by atoms with Crippen LogP contribution in [0.3, 0.4) is 0 Å². The summed E-state index contributed by atoms with van der Waals surface area (Å²) in [6, 6.07) is 0.303. The van der Waals surface area contributed by atoms with Crippen LogP contribution in [0.4, 0.5) is 0 Å². The Morgan fingerprint density at radius 2 is 2.35 bits per heavy atom. The van der Waals surface area contributed by atoms with Crippen molar-refractivity contribution in [3.63, 3.8) is 0 Å². The van der Waals surface area contributed by atoms with Crippen LogP contribution >= 0.6 is 11.6 Å². The molecule has 0 radical (unpaired) electrons. The summed E-state index contributed by atoms with van der Waals surface area (Å²) in [6.07, 6.45) is 4.27. The number of halogens is 1. The average molecular weight is 257 g/mol. The zero-order valence-corrected chi connectivity index (χ0v) is 11.0. The van der Waals surface area contributed by atoms with Crippen LogP contribution in [-0.4, -0.2) is 28.6 Å². The zero-order valence-electron chi connectivity index (χ0n) is 10.2. The second-order valence-electron chi connectivity index (χ2n) is 4.47. The number of rotatable bonds is 2. The smallest absolute Gasteiger partial charge is 0.294 e. The summed E-state index contributed by atoms with van der Waals surface area (Å²) in [5.74, 6) is 0.0617. The fraction of sp³-hybridized carbons (Fsp3) is 0.667. The summed E-state index contributed by atoms with van der Waals surface area (Å²) < 4.78 is 5.03. The first kappa shape index (κ1) is 12.4. The maximum absolute atomic E-state index is 12.3. The zero-order chi connectivity index (χ0) is 12.4. The SMILES string of the molecule is CCC1CCCCN1C(=O)c1onc(C)c1Cl. The fourth-order valence-electron chi connectivity index (χ4n) is 2.31. The van der Waals surface area contributed by atoms with Crippen molar-refractivity contribution < 1.29 is 9.32 Å². The second kappa shape index (κ2) is 5.08. The maximum Gasteiger partial charge on any atom is 0.294 e. The van der Waals surface area contributed by atoms with Crippen molar-refractivity contribution in [2.45, 2.75) is 45.6 Å². The second-order valence-corrected chi connectivity index (χ2v) is 4.85. The van der Waals surface area contributed by atoms with Crippen LogP contribution in [0.5, 0.6) is 0 Å². The Balaban J connectivity index is 2.21. The summed E-state index contributed by atoms with van der Waals surface area (Å²) in [7, 11) is 0. The highest BCUT2D eigenvalue weighted by atomic mass is 35.5. The van der Waals surface area contributed by atoms with Crippen molar-refractivity contribution in [1.29, 1.82) is 0 Å². The predicted molar refractivity (Wildman–Crippen MR) is 65.2 cm³/mol. The lowest BCUT2D eigenvalue weighted by molar-refractivity contribution is 0.0566. The molecule has 2 rings (SSSR count). The molecule has 17 heavy (non-hydrogen) atoms. The van der Waals surface area contributed by atoms with Gasteiger partial charge in [-0.1, -0.05) is 23.7 Å². The lowest BCUT2D eigenvalue weighted by atomic mass is 10.00. The largest absolute Gasteiger partial charge is 0.349 e. The van der Waals surface area contributed by atoms with E-state index in [2.05, 4.69) is 12.1 Å². The first-order chi connectivity index (χ1) is 8.15. The molecule has 5 heteroatoms. The van der Waals surface area contributed by atoms with Gasteiger partial charge in [-0.2, -0.15) is 0 Å². The molecule has 1 fully saturated rings. The highest BCUT2D eigenvalue weighted by Gasteiger charge is 2.30. The van der Waals surface area contributed by atoms with Gasteiger partial charge in [0.1, 0.15) is 5.02 Å². The number of hydrogen-bond donors (Lipinski definition) is 0. The molecule has 0 aliphatic carbocycles. The highest BCUT2D eigenvalue weighted by molar-refractivity contribution is 6.33. The third-order valence-corrected chi connectivity index (χ3v) is 3.79. The van der Waals surface area contributed by atoms with Crippen LogP contribution < -0.4 is 0 Å². The van der Waals surface area contributed by atoms with Gasteiger partial charge in [0.05, 0.1) is 5.69 Å². The molecule has 0 aromatic carbocycles. The van der Waals surface area contributed by atoms with Crippen LogP contribution in [0.1, 0.15) is 48.9 Å². The molecule has 1 amide bonds. The highest BCUT2D eigenvalue weighted by Crippen LogP contribution is 2.26. The van der Waals surface area contributed by atoms with Crippen LogP contribution in [0, 0.1) is 6.92 Å². The van der Waals surface area contributed by atoms with E-state index in [0.29, 0.717) is 16.8 Å². The van der Waals surface area contributed by atoms with E-state index in [-0.39, 0.29) is 11.7 Å². The first-order valence-electron chi connectivity index (χ1n) is 6.08. The topological polar surface area (TPSA) is 46.3 Å². The fourth-order valence-corrected chi connectivity index (χ4v) is 2.46. The van der Waals surface area contributed by atoms with E-state index in [1.807, 2.05) is 4.90 Å². The molecular formula is C12H17ClN2O2. The van der Waals surface area contributed by atoms with Gasteiger partial charge in [-0.15, -0.1) is 0 Å². The van der Waals surface area contributed by atoms with Crippen molar-refractivity contribution in [1.82, 2.24) is 10.1 Å². The number of piperidine rings is 1. The molecule has 1 saturated heterocycles. The molecule has 0 N–H and O–H groups in total. The molecule has 2 heterocycles. The predicted octanol–water partition coefficient (Wildman–Crippen LogP) is 3.04. The van der Waals surface area contributed by atoms with E-state index in [0.717, 1.165) is 25.8 Å². The van der Waals surface area contributed by atoms with Gasteiger partial charge in [0.15, 0.2) is 0 Å². The minimum Gasteiger partial charge on any atom is -0.349 e. The molecule has 0 spiro atoms. The van der Waals surface area contributed by atoms with Gasteiger partial charge in [-0.05, 0) is 32.6 Å². The van der Waals surface area contributed by atoms with Crippen molar-refractivity contribution >= 4 is 17.5 Å². The average Bonchev–Trinajstić information content (AvgIpc) is 2.69. The van der Waals surface area contributed by atoms with Gasteiger partial charge < -0.3 is 9.42 Å². The molecule has 1 aliphatic heterocycles. The number of carbonyl (C=O) groups excluding carboxylic acids is 1. The summed E-state index contributed by atoms with van der Waals surface area (Å²) in [5, 5.41) is 4.07. The Labute approximate surface area is 106 Å². The van der Waals surface area contributed by atoms with E-state index in [9.17, 15) is 4.79 Å². The number of amides is 1. The van der Waals surface area contributed by atoms with Crippen molar-refractivity contribution in [2.75, 3.05) is 6.54 Å². The molecule has 0 bridgehead atoms. The van der Waals surface area contributed by atoms with E-state index in [4.69, 9.17) is 16.1 Å². The molecule has 1 atom stereocenters.